The molecule has 0 spiro atoms. The molecule has 3 aromatic rings. The van der Waals surface area contributed by atoms with Crippen LogP contribution in [-0.4, -0.2) is 20.7 Å². The predicted molar refractivity (Wildman–Crippen MR) is 106 cm³/mol. The highest BCUT2D eigenvalue weighted by molar-refractivity contribution is 6.35. The molecule has 2 aromatic carbocycles. The van der Waals surface area contributed by atoms with Crippen molar-refractivity contribution in [2.24, 2.45) is 0 Å². The van der Waals surface area contributed by atoms with Crippen LogP contribution in [0, 0.1) is 5.82 Å². The molecule has 0 unspecified atom stereocenters. The molecule has 1 aliphatic heterocycles. The first-order valence-electron chi connectivity index (χ1n) is 8.33. The van der Waals surface area contributed by atoms with Gasteiger partial charge in [0.05, 0.1) is 16.3 Å². The first-order valence-corrected chi connectivity index (χ1v) is 9.09. The van der Waals surface area contributed by atoms with Gasteiger partial charge in [-0.1, -0.05) is 35.3 Å². The van der Waals surface area contributed by atoms with Crippen molar-refractivity contribution in [1.29, 1.82) is 0 Å². The largest absolute Gasteiger partial charge is 0.328 e. The molecule has 4 rings (SSSR count). The van der Waals surface area contributed by atoms with E-state index in [0.717, 1.165) is 0 Å². The van der Waals surface area contributed by atoms with Gasteiger partial charge in [0.25, 0.3) is 5.91 Å². The number of aromatic nitrogens is 3. The van der Waals surface area contributed by atoms with E-state index in [9.17, 15) is 9.18 Å². The Morgan fingerprint density at radius 3 is 2.71 bits per heavy atom. The maximum Gasteiger partial charge on any atom is 0.255 e. The smallest absolute Gasteiger partial charge is 0.255 e. The van der Waals surface area contributed by atoms with Crippen molar-refractivity contribution in [3.05, 3.63) is 81.5 Å². The van der Waals surface area contributed by atoms with E-state index in [1.54, 1.807) is 41.9 Å². The van der Waals surface area contributed by atoms with E-state index in [1.165, 1.54) is 18.5 Å². The number of halogens is 3. The Morgan fingerprint density at radius 2 is 1.96 bits per heavy atom. The molecule has 1 atom stereocenters. The van der Waals surface area contributed by atoms with Crippen molar-refractivity contribution in [1.82, 2.24) is 14.8 Å². The number of hydrogen-bond donors (Lipinski definition) is 2. The van der Waals surface area contributed by atoms with Crippen LogP contribution in [0.25, 0.3) is 0 Å². The topological polar surface area (TPSA) is 71.8 Å². The normalized spacial score (nSPS) is 15.8. The van der Waals surface area contributed by atoms with Crippen LogP contribution in [0.5, 0.6) is 0 Å². The molecule has 0 radical (unpaired) electrons. The third-order valence-corrected chi connectivity index (χ3v) is 4.97. The number of nitrogens with one attached hydrogen (secondary N) is 2. The lowest BCUT2D eigenvalue weighted by molar-refractivity contribution is -0.113. The summed E-state index contributed by atoms with van der Waals surface area (Å²) in [5.74, 6) is -0.261. The van der Waals surface area contributed by atoms with Gasteiger partial charge in [-0.15, -0.1) is 0 Å². The summed E-state index contributed by atoms with van der Waals surface area (Å²) in [4.78, 5) is 17.3. The SMILES string of the molecule is CC1=C(C(=O)Nc2cc(Cl)ccc2Cl)[C@@H](c2ccc(F)cc2)n2ncnc2N1. The molecular weight excluding hydrogens is 404 g/mol. The average molecular weight is 418 g/mol. The summed E-state index contributed by atoms with van der Waals surface area (Å²) in [7, 11) is 0. The molecule has 0 saturated carbocycles. The van der Waals surface area contributed by atoms with E-state index in [2.05, 4.69) is 20.7 Å². The van der Waals surface area contributed by atoms with Crippen molar-refractivity contribution in [2.45, 2.75) is 13.0 Å². The lowest BCUT2D eigenvalue weighted by Gasteiger charge is -2.28. The Hall–Kier alpha value is -2.90. The Kier molecular flexibility index (Phi) is 4.78. The summed E-state index contributed by atoms with van der Waals surface area (Å²) >= 11 is 12.2. The maximum atomic E-state index is 13.4. The molecule has 6 nitrogen and oxygen atoms in total. The van der Waals surface area contributed by atoms with Crippen molar-refractivity contribution in [3.8, 4) is 0 Å². The Balaban J connectivity index is 1.77. The third kappa shape index (κ3) is 3.34. The number of amides is 1. The van der Waals surface area contributed by atoms with Gasteiger partial charge in [0, 0.05) is 10.7 Å². The molecule has 2 N–H and O–H groups in total. The van der Waals surface area contributed by atoms with Crippen molar-refractivity contribution >= 4 is 40.7 Å². The van der Waals surface area contributed by atoms with E-state index in [4.69, 9.17) is 23.2 Å². The van der Waals surface area contributed by atoms with Crippen LogP contribution in [-0.2, 0) is 4.79 Å². The average Bonchev–Trinajstić information content (AvgIpc) is 3.12. The fraction of sp³-hybridized carbons (Fsp3) is 0.105. The van der Waals surface area contributed by atoms with E-state index in [-0.39, 0.29) is 11.7 Å². The quantitative estimate of drug-likeness (QED) is 0.650. The molecule has 1 aliphatic rings. The summed E-state index contributed by atoms with van der Waals surface area (Å²) in [6.07, 6.45) is 1.39. The second kappa shape index (κ2) is 7.26. The zero-order chi connectivity index (χ0) is 19.8. The maximum absolute atomic E-state index is 13.4. The number of fused-ring (bicyclic) bond motifs is 1. The van der Waals surface area contributed by atoms with Crippen molar-refractivity contribution in [2.75, 3.05) is 10.6 Å². The molecule has 2 heterocycles. The molecule has 0 fully saturated rings. The third-order valence-electron chi connectivity index (χ3n) is 4.40. The highest BCUT2D eigenvalue weighted by atomic mass is 35.5. The van der Waals surface area contributed by atoms with Gasteiger partial charge in [-0.2, -0.15) is 10.1 Å². The monoisotopic (exact) mass is 417 g/mol. The molecule has 1 aromatic heterocycles. The zero-order valence-electron chi connectivity index (χ0n) is 14.6. The first kappa shape index (κ1) is 18.5. The number of allylic oxidation sites excluding steroid dienone is 1. The second-order valence-corrected chi connectivity index (χ2v) is 7.07. The summed E-state index contributed by atoms with van der Waals surface area (Å²) in [6, 6.07) is 10.1. The number of hydrogen-bond acceptors (Lipinski definition) is 4. The van der Waals surface area contributed by atoms with E-state index in [1.807, 2.05) is 0 Å². The van der Waals surface area contributed by atoms with Gasteiger partial charge in [-0.05, 0) is 42.8 Å². The minimum atomic E-state index is -0.586. The van der Waals surface area contributed by atoms with Crippen molar-refractivity contribution in [3.63, 3.8) is 0 Å². The van der Waals surface area contributed by atoms with Crippen LogP contribution in [0.1, 0.15) is 18.5 Å². The summed E-state index contributed by atoms with van der Waals surface area (Å²) in [6.45, 7) is 1.77. The van der Waals surface area contributed by atoms with Crippen LogP contribution in [0.4, 0.5) is 16.0 Å². The van der Waals surface area contributed by atoms with Gasteiger partial charge in [-0.25, -0.2) is 9.07 Å². The molecule has 1 amide bonds. The van der Waals surface area contributed by atoms with Crippen molar-refractivity contribution < 1.29 is 9.18 Å². The molecule has 0 aliphatic carbocycles. The summed E-state index contributed by atoms with van der Waals surface area (Å²) in [5, 5.41) is 10.9. The van der Waals surface area contributed by atoms with Crippen LogP contribution < -0.4 is 10.6 Å². The number of carbonyl (C=O) groups is 1. The van der Waals surface area contributed by atoms with E-state index >= 15 is 0 Å². The molecular formula is C19H14Cl2FN5O. The highest BCUT2D eigenvalue weighted by Gasteiger charge is 2.33. The number of benzene rings is 2. The molecule has 142 valence electrons. The number of nitrogens with zero attached hydrogens (tertiary/aromatic N) is 3. The number of anilines is 2. The van der Waals surface area contributed by atoms with Crippen LogP contribution >= 0.6 is 23.2 Å². The van der Waals surface area contributed by atoms with Gasteiger partial charge < -0.3 is 10.6 Å². The standard InChI is InChI=1S/C19H14Cl2FN5O/c1-10-16(18(28)26-15-8-12(20)4-7-14(15)21)17(11-2-5-13(22)6-3-11)27-19(25-10)23-9-24-27/h2-9,17H,1H3,(H,26,28)(H,23,24,25)/t17-/m1/s1. The minimum absolute atomic E-state index is 0.361. The fourth-order valence-corrected chi connectivity index (χ4v) is 3.46. The minimum Gasteiger partial charge on any atom is -0.328 e. The van der Waals surface area contributed by atoms with Crippen LogP contribution in [0.3, 0.4) is 0 Å². The Labute approximate surface area is 170 Å². The van der Waals surface area contributed by atoms with Gasteiger partial charge in [0.15, 0.2) is 0 Å². The van der Waals surface area contributed by atoms with Gasteiger partial charge in [0.1, 0.15) is 18.2 Å². The molecule has 28 heavy (non-hydrogen) atoms. The predicted octanol–water partition coefficient (Wildman–Crippen LogP) is 4.65. The zero-order valence-corrected chi connectivity index (χ0v) is 16.1. The first-order chi connectivity index (χ1) is 13.4. The fourth-order valence-electron chi connectivity index (χ4n) is 3.12. The van der Waals surface area contributed by atoms with Gasteiger partial charge in [0.2, 0.25) is 5.95 Å². The van der Waals surface area contributed by atoms with Gasteiger partial charge >= 0.3 is 0 Å². The van der Waals surface area contributed by atoms with E-state index < -0.39 is 6.04 Å². The Bertz CT molecular complexity index is 1090. The Morgan fingerprint density at radius 1 is 1.21 bits per heavy atom. The second-order valence-electron chi connectivity index (χ2n) is 6.22. The molecule has 0 bridgehead atoms. The van der Waals surface area contributed by atoms with Crippen LogP contribution in [0.2, 0.25) is 10.0 Å². The molecule has 0 saturated heterocycles. The summed E-state index contributed by atoms with van der Waals surface area (Å²) in [5.41, 5.74) is 2.09. The van der Waals surface area contributed by atoms with Gasteiger partial charge in [-0.3, -0.25) is 4.79 Å². The van der Waals surface area contributed by atoms with Crippen LogP contribution in [0.15, 0.2) is 60.1 Å². The highest BCUT2D eigenvalue weighted by Crippen LogP contribution is 2.36. The number of carbonyl (C=O) groups excluding carboxylic acids is 1. The lowest BCUT2D eigenvalue weighted by atomic mass is 9.95. The summed E-state index contributed by atoms with van der Waals surface area (Å²) < 4.78 is 15.0. The van der Waals surface area contributed by atoms with E-state index in [0.29, 0.717) is 38.5 Å². The molecule has 9 heteroatoms. The number of rotatable bonds is 3. The lowest BCUT2D eigenvalue weighted by Crippen LogP contribution is -2.31.